The fourth-order valence-electron chi connectivity index (χ4n) is 4.10. The van der Waals surface area contributed by atoms with Crippen molar-refractivity contribution in [3.63, 3.8) is 0 Å². The standard InChI is InChI=1S/C17H31N3O2/c1-2-18-9-11-19(12-10-18)16-3-7-20(8-4-16)17(21)15-5-13-22-14-6-15/h15-16H,2-14H2,1H3. The summed E-state index contributed by atoms with van der Waals surface area (Å²) in [4.78, 5) is 19.9. The third-order valence-electron chi connectivity index (χ3n) is 5.72. The normalized spacial score (nSPS) is 27.2. The number of carbonyl (C=O) groups is 1. The molecular weight excluding hydrogens is 278 g/mol. The number of rotatable bonds is 3. The quantitative estimate of drug-likeness (QED) is 0.780. The minimum Gasteiger partial charge on any atom is -0.381 e. The van der Waals surface area contributed by atoms with Gasteiger partial charge in [-0.2, -0.15) is 0 Å². The Labute approximate surface area is 134 Å². The monoisotopic (exact) mass is 309 g/mol. The number of carbonyl (C=O) groups excluding carboxylic acids is 1. The van der Waals surface area contributed by atoms with Crippen LogP contribution in [-0.2, 0) is 9.53 Å². The molecule has 0 aromatic carbocycles. The molecule has 0 spiro atoms. The number of amides is 1. The van der Waals surface area contributed by atoms with Gasteiger partial charge in [0.15, 0.2) is 0 Å². The van der Waals surface area contributed by atoms with Gasteiger partial charge < -0.3 is 14.5 Å². The van der Waals surface area contributed by atoms with Crippen LogP contribution < -0.4 is 0 Å². The summed E-state index contributed by atoms with van der Waals surface area (Å²) in [6.07, 6.45) is 4.14. The molecule has 3 aliphatic rings. The number of likely N-dealkylation sites (N-methyl/N-ethyl adjacent to an activating group) is 1. The molecule has 0 atom stereocenters. The smallest absolute Gasteiger partial charge is 0.225 e. The summed E-state index contributed by atoms with van der Waals surface area (Å²) in [7, 11) is 0. The van der Waals surface area contributed by atoms with Gasteiger partial charge in [0.2, 0.25) is 5.91 Å². The largest absolute Gasteiger partial charge is 0.381 e. The van der Waals surface area contributed by atoms with Crippen LogP contribution in [0.25, 0.3) is 0 Å². The predicted molar refractivity (Wildman–Crippen MR) is 86.8 cm³/mol. The van der Waals surface area contributed by atoms with Gasteiger partial charge in [-0.1, -0.05) is 6.92 Å². The van der Waals surface area contributed by atoms with E-state index in [0.29, 0.717) is 11.9 Å². The van der Waals surface area contributed by atoms with Gasteiger partial charge in [-0.05, 0) is 32.2 Å². The molecule has 0 bridgehead atoms. The molecule has 0 aromatic heterocycles. The second-order valence-corrected chi connectivity index (χ2v) is 6.91. The molecule has 0 unspecified atom stereocenters. The van der Waals surface area contributed by atoms with Crippen LogP contribution in [0.15, 0.2) is 0 Å². The van der Waals surface area contributed by atoms with Gasteiger partial charge in [-0.3, -0.25) is 9.69 Å². The van der Waals surface area contributed by atoms with Crippen LogP contribution in [0.1, 0.15) is 32.6 Å². The third-order valence-corrected chi connectivity index (χ3v) is 5.72. The van der Waals surface area contributed by atoms with Crippen molar-refractivity contribution in [2.24, 2.45) is 5.92 Å². The second kappa shape index (κ2) is 7.75. The lowest BCUT2D eigenvalue weighted by atomic mass is 9.96. The highest BCUT2D eigenvalue weighted by molar-refractivity contribution is 5.79. The molecule has 5 heteroatoms. The summed E-state index contributed by atoms with van der Waals surface area (Å²) >= 11 is 0. The van der Waals surface area contributed by atoms with E-state index in [0.717, 1.165) is 52.0 Å². The molecular formula is C17H31N3O2. The molecule has 3 heterocycles. The van der Waals surface area contributed by atoms with E-state index in [1.807, 2.05) is 0 Å². The molecule has 1 amide bonds. The minimum atomic E-state index is 0.221. The maximum atomic E-state index is 12.6. The lowest BCUT2D eigenvalue weighted by Crippen LogP contribution is -2.54. The SMILES string of the molecule is CCN1CCN(C2CCN(C(=O)C3CCOCC3)CC2)CC1. The van der Waals surface area contributed by atoms with Crippen LogP contribution in [0.2, 0.25) is 0 Å². The number of hydrogen-bond donors (Lipinski definition) is 0. The van der Waals surface area contributed by atoms with Crippen molar-refractivity contribution in [2.45, 2.75) is 38.6 Å². The van der Waals surface area contributed by atoms with E-state index >= 15 is 0 Å². The van der Waals surface area contributed by atoms with Gasteiger partial charge in [0.1, 0.15) is 0 Å². The Bertz CT molecular complexity index is 355. The fraction of sp³-hybridized carbons (Fsp3) is 0.941. The zero-order valence-electron chi connectivity index (χ0n) is 14.0. The van der Waals surface area contributed by atoms with Crippen molar-refractivity contribution < 1.29 is 9.53 Å². The third kappa shape index (κ3) is 3.81. The predicted octanol–water partition coefficient (Wildman–Crippen LogP) is 1.04. The number of piperazine rings is 1. The van der Waals surface area contributed by atoms with Crippen LogP contribution in [0.4, 0.5) is 0 Å². The van der Waals surface area contributed by atoms with Crippen molar-refractivity contribution in [1.82, 2.24) is 14.7 Å². The first-order valence-corrected chi connectivity index (χ1v) is 9.11. The number of nitrogens with zero attached hydrogens (tertiary/aromatic N) is 3. The molecule has 3 rings (SSSR count). The van der Waals surface area contributed by atoms with Gasteiger partial charge in [0.05, 0.1) is 0 Å². The molecule has 0 radical (unpaired) electrons. The molecule has 3 aliphatic heterocycles. The zero-order chi connectivity index (χ0) is 15.4. The lowest BCUT2D eigenvalue weighted by molar-refractivity contribution is -0.140. The number of piperidine rings is 1. The second-order valence-electron chi connectivity index (χ2n) is 6.91. The average molecular weight is 309 g/mol. The maximum absolute atomic E-state index is 12.6. The Morgan fingerprint density at radius 1 is 0.955 bits per heavy atom. The summed E-state index contributed by atoms with van der Waals surface area (Å²) in [6, 6.07) is 0.692. The maximum Gasteiger partial charge on any atom is 0.225 e. The van der Waals surface area contributed by atoms with E-state index in [-0.39, 0.29) is 5.92 Å². The van der Waals surface area contributed by atoms with Crippen LogP contribution in [0.3, 0.4) is 0 Å². The fourth-order valence-corrected chi connectivity index (χ4v) is 4.10. The molecule has 0 aromatic rings. The summed E-state index contributed by atoms with van der Waals surface area (Å²) < 4.78 is 5.37. The molecule has 22 heavy (non-hydrogen) atoms. The molecule has 0 saturated carbocycles. The molecule has 126 valence electrons. The Hall–Kier alpha value is -0.650. The first-order chi connectivity index (χ1) is 10.8. The van der Waals surface area contributed by atoms with E-state index in [4.69, 9.17) is 4.74 Å². The summed E-state index contributed by atoms with van der Waals surface area (Å²) in [6.45, 7) is 11.7. The van der Waals surface area contributed by atoms with Gasteiger partial charge >= 0.3 is 0 Å². The Morgan fingerprint density at radius 2 is 1.59 bits per heavy atom. The van der Waals surface area contributed by atoms with Crippen molar-refractivity contribution in [3.05, 3.63) is 0 Å². The van der Waals surface area contributed by atoms with Gasteiger partial charge in [-0.25, -0.2) is 0 Å². The van der Waals surface area contributed by atoms with E-state index in [9.17, 15) is 4.79 Å². The van der Waals surface area contributed by atoms with Gasteiger partial charge in [0.25, 0.3) is 0 Å². The first kappa shape index (κ1) is 16.2. The minimum absolute atomic E-state index is 0.221. The topological polar surface area (TPSA) is 36.0 Å². The molecule has 3 fully saturated rings. The molecule has 5 nitrogen and oxygen atoms in total. The highest BCUT2D eigenvalue weighted by atomic mass is 16.5. The molecule has 0 N–H and O–H groups in total. The van der Waals surface area contributed by atoms with Crippen LogP contribution in [-0.4, -0.2) is 85.7 Å². The van der Waals surface area contributed by atoms with Crippen molar-refractivity contribution in [2.75, 3.05) is 59.0 Å². The molecule has 3 saturated heterocycles. The van der Waals surface area contributed by atoms with E-state index < -0.39 is 0 Å². The number of likely N-dealkylation sites (tertiary alicyclic amines) is 1. The zero-order valence-corrected chi connectivity index (χ0v) is 14.0. The number of hydrogen-bond acceptors (Lipinski definition) is 4. The van der Waals surface area contributed by atoms with Gasteiger partial charge in [0, 0.05) is 64.4 Å². The Morgan fingerprint density at radius 3 is 2.18 bits per heavy atom. The van der Waals surface area contributed by atoms with E-state index in [1.165, 1.54) is 32.7 Å². The van der Waals surface area contributed by atoms with E-state index in [2.05, 4.69) is 21.6 Å². The average Bonchev–Trinajstić information content (AvgIpc) is 2.62. The van der Waals surface area contributed by atoms with Crippen LogP contribution in [0.5, 0.6) is 0 Å². The summed E-state index contributed by atoms with van der Waals surface area (Å²) in [5.74, 6) is 0.607. The van der Waals surface area contributed by atoms with Crippen LogP contribution >= 0.6 is 0 Å². The van der Waals surface area contributed by atoms with Crippen molar-refractivity contribution in [1.29, 1.82) is 0 Å². The molecule has 0 aliphatic carbocycles. The highest BCUT2D eigenvalue weighted by Crippen LogP contribution is 2.23. The van der Waals surface area contributed by atoms with Crippen molar-refractivity contribution >= 4 is 5.91 Å². The summed E-state index contributed by atoms with van der Waals surface area (Å²) in [5.41, 5.74) is 0. The lowest BCUT2D eigenvalue weighted by Gasteiger charge is -2.43. The highest BCUT2D eigenvalue weighted by Gasteiger charge is 2.32. The Balaban J connectivity index is 1.43. The Kier molecular flexibility index (Phi) is 5.71. The van der Waals surface area contributed by atoms with Gasteiger partial charge in [-0.15, -0.1) is 0 Å². The van der Waals surface area contributed by atoms with Crippen molar-refractivity contribution in [3.8, 4) is 0 Å². The van der Waals surface area contributed by atoms with E-state index in [1.54, 1.807) is 0 Å². The summed E-state index contributed by atoms with van der Waals surface area (Å²) in [5, 5.41) is 0. The van der Waals surface area contributed by atoms with Crippen LogP contribution in [0, 0.1) is 5.92 Å². The first-order valence-electron chi connectivity index (χ1n) is 9.11. The number of ether oxygens (including phenoxy) is 1.